The Labute approximate surface area is 224 Å². The molecule has 1 saturated heterocycles. The van der Waals surface area contributed by atoms with Crippen LogP contribution in [-0.2, 0) is 6.54 Å². The van der Waals surface area contributed by atoms with Crippen LogP contribution in [0.1, 0.15) is 33.9 Å². The van der Waals surface area contributed by atoms with E-state index < -0.39 is 0 Å². The van der Waals surface area contributed by atoms with E-state index in [1.54, 1.807) is 12.1 Å². The summed E-state index contributed by atoms with van der Waals surface area (Å²) in [5.74, 6) is -0.00131. The molecule has 0 N–H and O–H groups in total. The first kappa shape index (κ1) is 24.3. The zero-order chi connectivity index (χ0) is 26.1. The second kappa shape index (κ2) is 10.4. The van der Waals surface area contributed by atoms with Gasteiger partial charge in [-0.15, -0.1) is 0 Å². The van der Waals surface area contributed by atoms with Gasteiger partial charge in [-0.1, -0.05) is 96.1 Å². The molecule has 2 aliphatic heterocycles. The Morgan fingerprint density at radius 2 is 1.47 bits per heavy atom. The van der Waals surface area contributed by atoms with Crippen LogP contribution in [0.2, 0.25) is 0 Å². The molecule has 0 bridgehead atoms. The highest BCUT2D eigenvalue weighted by molar-refractivity contribution is 6.09. The third kappa shape index (κ3) is 4.92. The Morgan fingerprint density at radius 3 is 2.18 bits per heavy atom. The lowest BCUT2D eigenvalue weighted by molar-refractivity contribution is 0.242. The zero-order valence-corrected chi connectivity index (χ0v) is 21.9. The van der Waals surface area contributed by atoms with Crippen molar-refractivity contribution in [3.05, 3.63) is 142 Å². The first-order valence-corrected chi connectivity index (χ1v) is 13.3. The van der Waals surface area contributed by atoms with Gasteiger partial charge in [0.05, 0.1) is 17.4 Å². The van der Waals surface area contributed by atoms with Crippen molar-refractivity contribution in [3.8, 4) is 0 Å². The number of para-hydroxylation sites is 1. The standard InChI is InChI=1S/C34H32FN3/c1-24-12-16-26(17-13-24)20-29-22-37(21-28-8-6-7-11-32(28)35)23-31-33(29)36-38(30-9-4-3-5-10-30)34(31)27-18-14-25(2)15-19-27/h3-20,31,34H,21-23H2,1-2H3. The van der Waals surface area contributed by atoms with E-state index in [-0.39, 0.29) is 17.8 Å². The zero-order valence-electron chi connectivity index (χ0n) is 21.9. The smallest absolute Gasteiger partial charge is 0.127 e. The van der Waals surface area contributed by atoms with Crippen LogP contribution in [0.3, 0.4) is 0 Å². The number of benzene rings is 4. The highest BCUT2D eigenvalue weighted by Crippen LogP contribution is 2.43. The molecule has 2 heterocycles. The fourth-order valence-corrected chi connectivity index (χ4v) is 5.63. The molecular weight excluding hydrogens is 469 g/mol. The maximum absolute atomic E-state index is 14.7. The highest BCUT2D eigenvalue weighted by Gasteiger charge is 2.44. The molecule has 190 valence electrons. The first-order valence-electron chi connectivity index (χ1n) is 13.3. The van der Waals surface area contributed by atoms with Crippen molar-refractivity contribution >= 4 is 17.5 Å². The van der Waals surface area contributed by atoms with Crippen LogP contribution < -0.4 is 5.01 Å². The molecule has 38 heavy (non-hydrogen) atoms. The van der Waals surface area contributed by atoms with Gasteiger partial charge in [-0.05, 0) is 54.8 Å². The fraction of sp³-hybridized carbons (Fsp3) is 0.206. The van der Waals surface area contributed by atoms with Crippen LogP contribution in [-0.4, -0.2) is 23.7 Å². The number of rotatable bonds is 5. The quantitative estimate of drug-likeness (QED) is 0.281. The molecule has 0 aromatic heterocycles. The lowest BCUT2D eigenvalue weighted by atomic mass is 9.82. The van der Waals surface area contributed by atoms with Gasteiger partial charge in [0.2, 0.25) is 0 Å². The molecule has 2 aliphatic rings. The Balaban J connectivity index is 1.45. The van der Waals surface area contributed by atoms with Gasteiger partial charge in [0, 0.05) is 31.1 Å². The van der Waals surface area contributed by atoms with E-state index in [2.05, 4.69) is 103 Å². The second-order valence-corrected chi connectivity index (χ2v) is 10.5. The van der Waals surface area contributed by atoms with Gasteiger partial charge in [0.25, 0.3) is 0 Å². The van der Waals surface area contributed by atoms with E-state index in [4.69, 9.17) is 5.10 Å². The Hall–Kier alpha value is -4.02. The molecule has 2 unspecified atom stereocenters. The van der Waals surface area contributed by atoms with Crippen LogP contribution in [0.15, 0.2) is 114 Å². The van der Waals surface area contributed by atoms with Crippen molar-refractivity contribution < 1.29 is 4.39 Å². The number of fused-ring (bicyclic) bond motifs is 1. The number of likely N-dealkylation sites (tertiary alicyclic amines) is 1. The van der Waals surface area contributed by atoms with Crippen LogP contribution >= 0.6 is 0 Å². The minimum atomic E-state index is -0.150. The van der Waals surface area contributed by atoms with E-state index in [0.29, 0.717) is 6.54 Å². The lowest BCUT2D eigenvalue weighted by Crippen LogP contribution is -2.43. The summed E-state index contributed by atoms with van der Waals surface area (Å²) in [6.45, 7) is 6.32. The van der Waals surface area contributed by atoms with Gasteiger partial charge >= 0.3 is 0 Å². The third-order valence-corrected chi connectivity index (χ3v) is 7.60. The van der Waals surface area contributed by atoms with Crippen molar-refractivity contribution in [2.45, 2.75) is 26.4 Å². The molecule has 0 aliphatic carbocycles. The molecule has 0 saturated carbocycles. The van der Waals surface area contributed by atoms with Crippen LogP contribution in [0.4, 0.5) is 10.1 Å². The van der Waals surface area contributed by atoms with Crippen LogP contribution in [0, 0.1) is 25.6 Å². The summed E-state index contributed by atoms with van der Waals surface area (Å²) < 4.78 is 14.7. The number of anilines is 1. The van der Waals surface area contributed by atoms with E-state index in [9.17, 15) is 4.39 Å². The summed E-state index contributed by atoms with van der Waals surface area (Å²) in [5, 5.41) is 7.49. The van der Waals surface area contributed by atoms with Crippen LogP contribution in [0.25, 0.3) is 6.08 Å². The fourth-order valence-electron chi connectivity index (χ4n) is 5.63. The second-order valence-electron chi connectivity index (χ2n) is 10.5. The molecule has 4 aromatic carbocycles. The molecule has 1 fully saturated rings. The molecule has 0 amide bonds. The summed E-state index contributed by atoms with van der Waals surface area (Å²) in [6.07, 6.45) is 2.26. The van der Waals surface area contributed by atoms with Crippen molar-refractivity contribution in [2.24, 2.45) is 11.0 Å². The van der Waals surface area contributed by atoms with Gasteiger partial charge in [0.1, 0.15) is 5.82 Å². The number of hydrogen-bond acceptors (Lipinski definition) is 3. The topological polar surface area (TPSA) is 18.8 Å². The molecule has 0 radical (unpaired) electrons. The normalized spacial score (nSPS) is 20.4. The van der Waals surface area contributed by atoms with Gasteiger partial charge < -0.3 is 0 Å². The average Bonchev–Trinajstić information content (AvgIpc) is 3.32. The number of hydrogen-bond donors (Lipinski definition) is 0. The number of piperidine rings is 1. The number of nitrogens with zero attached hydrogens (tertiary/aromatic N) is 3. The molecule has 6 rings (SSSR count). The van der Waals surface area contributed by atoms with E-state index in [1.807, 2.05) is 18.2 Å². The van der Waals surface area contributed by atoms with Gasteiger partial charge in [-0.2, -0.15) is 5.10 Å². The van der Waals surface area contributed by atoms with Crippen LogP contribution in [0.5, 0.6) is 0 Å². The Bertz CT molecular complexity index is 1470. The average molecular weight is 502 g/mol. The molecule has 0 spiro atoms. The number of hydrazone groups is 1. The van der Waals surface area contributed by atoms with Crippen molar-refractivity contribution in [2.75, 3.05) is 18.1 Å². The van der Waals surface area contributed by atoms with Gasteiger partial charge in [-0.3, -0.25) is 9.91 Å². The Morgan fingerprint density at radius 1 is 0.816 bits per heavy atom. The SMILES string of the molecule is Cc1ccc(C=C2CN(Cc3ccccc3F)CC3C2=NN(c2ccccc2)C3c2ccc(C)cc2)cc1. The summed E-state index contributed by atoms with van der Waals surface area (Å²) >= 11 is 0. The number of aryl methyl sites for hydroxylation is 2. The minimum Gasteiger partial charge on any atom is -0.294 e. The number of halogens is 1. The van der Waals surface area contributed by atoms with Crippen molar-refractivity contribution in [1.82, 2.24) is 4.90 Å². The van der Waals surface area contributed by atoms with Crippen molar-refractivity contribution in [1.29, 1.82) is 0 Å². The molecule has 4 heteroatoms. The largest absolute Gasteiger partial charge is 0.294 e. The van der Waals surface area contributed by atoms with Crippen molar-refractivity contribution in [3.63, 3.8) is 0 Å². The summed E-state index contributed by atoms with van der Waals surface area (Å²) in [5.41, 5.74) is 9.01. The molecule has 3 nitrogen and oxygen atoms in total. The van der Waals surface area contributed by atoms with E-state index in [1.165, 1.54) is 22.3 Å². The van der Waals surface area contributed by atoms with E-state index in [0.717, 1.165) is 35.6 Å². The molecular formula is C34H32FN3. The third-order valence-electron chi connectivity index (χ3n) is 7.60. The summed E-state index contributed by atoms with van der Waals surface area (Å²) in [4.78, 5) is 2.37. The highest BCUT2D eigenvalue weighted by atomic mass is 19.1. The summed E-state index contributed by atoms with van der Waals surface area (Å²) in [7, 11) is 0. The monoisotopic (exact) mass is 501 g/mol. The molecule has 2 atom stereocenters. The Kier molecular flexibility index (Phi) is 6.65. The predicted molar refractivity (Wildman–Crippen MR) is 155 cm³/mol. The lowest BCUT2D eigenvalue weighted by Gasteiger charge is -2.36. The maximum atomic E-state index is 14.7. The minimum absolute atomic E-state index is 0.0536. The van der Waals surface area contributed by atoms with E-state index >= 15 is 0 Å². The maximum Gasteiger partial charge on any atom is 0.127 e. The first-order chi connectivity index (χ1) is 18.5. The van der Waals surface area contributed by atoms with Gasteiger partial charge in [0.15, 0.2) is 0 Å². The predicted octanol–water partition coefficient (Wildman–Crippen LogP) is 7.58. The van der Waals surface area contributed by atoms with Gasteiger partial charge in [-0.25, -0.2) is 4.39 Å². The summed E-state index contributed by atoms with van der Waals surface area (Å²) in [6, 6.07) is 35.0. The molecule has 4 aromatic rings.